The van der Waals surface area contributed by atoms with Crippen LogP contribution in [0.3, 0.4) is 0 Å². The zero-order chi connectivity index (χ0) is 25.4. The summed E-state index contributed by atoms with van der Waals surface area (Å²) in [4.78, 5) is 28.2. The number of likely N-dealkylation sites (N-methyl/N-ethyl adjacent to an activating group) is 1. The Kier molecular flexibility index (Phi) is 10.1. The van der Waals surface area contributed by atoms with E-state index in [0.717, 1.165) is 16.9 Å². The number of carbonyl (C=O) groups excluding carboxylic acids is 2. The van der Waals surface area contributed by atoms with Gasteiger partial charge in [-0.3, -0.25) is 9.59 Å². The average molecular weight is 530 g/mol. The number of nitrogens with one attached hydrogen (secondary N) is 1. The third kappa shape index (κ3) is 8.03. The SMILES string of the molecule is CNC(=O)[C@@H](Cc1ccccc1)N(Cc1ccc(Cl)c(Cl)c1)C(=O)CSCc1cc(C)cc(C)c1. The van der Waals surface area contributed by atoms with Crippen LogP contribution in [0.25, 0.3) is 0 Å². The van der Waals surface area contributed by atoms with Gasteiger partial charge in [-0.05, 0) is 42.7 Å². The molecule has 0 saturated heterocycles. The molecule has 0 fully saturated rings. The summed E-state index contributed by atoms with van der Waals surface area (Å²) in [7, 11) is 1.59. The van der Waals surface area contributed by atoms with E-state index in [1.165, 1.54) is 16.7 Å². The molecule has 7 heteroatoms. The highest BCUT2D eigenvalue weighted by atomic mass is 35.5. The Morgan fingerprint density at radius 1 is 0.886 bits per heavy atom. The fourth-order valence-electron chi connectivity index (χ4n) is 4.05. The smallest absolute Gasteiger partial charge is 0.242 e. The third-order valence-electron chi connectivity index (χ3n) is 5.63. The van der Waals surface area contributed by atoms with E-state index in [0.29, 0.717) is 16.5 Å². The van der Waals surface area contributed by atoms with Crippen LogP contribution in [0.15, 0.2) is 66.7 Å². The van der Waals surface area contributed by atoms with E-state index in [2.05, 4.69) is 37.4 Å². The molecule has 0 aliphatic rings. The van der Waals surface area contributed by atoms with Crippen LogP contribution in [-0.4, -0.2) is 35.6 Å². The first-order valence-corrected chi connectivity index (χ1v) is 13.3. The van der Waals surface area contributed by atoms with E-state index in [1.54, 1.807) is 35.8 Å². The molecule has 0 unspecified atom stereocenters. The number of halogens is 2. The molecule has 0 radical (unpaired) electrons. The van der Waals surface area contributed by atoms with Crippen molar-refractivity contribution in [1.82, 2.24) is 10.2 Å². The summed E-state index contributed by atoms with van der Waals surface area (Å²) in [5.41, 5.74) is 5.39. The van der Waals surface area contributed by atoms with E-state index >= 15 is 0 Å². The quantitative estimate of drug-likeness (QED) is 0.339. The van der Waals surface area contributed by atoms with Crippen molar-refractivity contribution >= 4 is 46.8 Å². The predicted molar refractivity (Wildman–Crippen MR) is 147 cm³/mol. The molecule has 184 valence electrons. The van der Waals surface area contributed by atoms with Crippen LogP contribution in [0.5, 0.6) is 0 Å². The topological polar surface area (TPSA) is 49.4 Å². The molecule has 35 heavy (non-hydrogen) atoms. The van der Waals surface area contributed by atoms with Crippen LogP contribution < -0.4 is 5.32 Å². The minimum Gasteiger partial charge on any atom is -0.357 e. The van der Waals surface area contributed by atoms with Crippen molar-refractivity contribution in [2.45, 2.75) is 38.6 Å². The van der Waals surface area contributed by atoms with Gasteiger partial charge in [-0.1, -0.05) is 88.9 Å². The van der Waals surface area contributed by atoms with Crippen molar-refractivity contribution in [3.05, 3.63) is 105 Å². The maximum Gasteiger partial charge on any atom is 0.242 e. The van der Waals surface area contributed by atoms with Gasteiger partial charge in [-0.2, -0.15) is 0 Å². The average Bonchev–Trinajstić information content (AvgIpc) is 2.83. The maximum absolute atomic E-state index is 13.5. The van der Waals surface area contributed by atoms with Crippen molar-refractivity contribution in [1.29, 1.82) is 0 Å². The van der Waals surface area contributed by atoms with Gasteiger partial charge in [0, 0.05) is 25.8 Å². The van der Waals surface area contributed by atoms with E-state index in [-0.39, 0.29) is 24.1 Å². The van der Waals surface area contributed by atoms with Gasteiger partial charge in [0.25, 0.3) is 0 Å². The molecule has 0 aliphatic heterocycles. The normalized spacial score (nSPS) is 11.7. The van der Waals surface area contributed by atoms with Gasteiger partial charge in [0.15, 0.2) is 0 Å². The lowest BCUT2D eigenvalue weighted by Crippen LogP contribution is -2.50. The summed E-state index contributed by atoms with van der Waals surface area (Å²) in [6, 6.07) is 20.8. The zero-order valence-electron chi connectivity index (χ0n) is 20.2. The van der Waals surface area contributed by atoms with E-state index in [9.17, 15) is 9.59 Å². The molecule has 1 N–H and O–H groups in total. The van der Waals surface area contributed by atoms with Crippen LogP contribution in [0.2, 0.25) is 10.0 Å². The number of aryl methyl sites for hydroxylation is 2. The van der Waals surface area contributed by atoms with Gasteiger partial charge >= 0.3 is 0 Å². The summed E-state index contributed by atoms with van der Waals surface area (Å²) in [6.07, 6.45) is 0.412. The molecule has 2 amide bonds. The number of hydrogen-bond acceptors (Lipinski definition) is 3. The number of nitrogens with zero attached hydrogens (tertiary/aromatic N) is 1. The minimum atomic E-state index is -0.661. The van der Waals surface area contributed by atoms with Gasteiger partial charge in [0.05, 0.1) is 15.8 Å². The predicted octanol–water partition coefficient (Wildman–Crippen LogP) is 6.23. The third-order valence-corrected chi connectivity index (χ3v) is 7.36. The van der Waals surface area contributed by atoms with Gasteiger partial charge in [-0.15, -0.1) is 11.8 Å². The second-order valence-electron chi connectivity index (χ2n) is 8.58. The van der Waals surface area contributed by atoms with E-state index in [4.69, 9.17) is 23.2 Å². The molecule has 3 rings (SSSR count). The van der Waals surface area contributed by atoms with Crippen molar-refractivity contribution in [2.75, 3.05) is 12.8 Å². The van der Waals surface area contributed by atoms with Crippen molar-refractivity contribution < 1.29 is 9.59 Å². The van der Waals surface area contributed by atoms with Crippen LogP contribution in [0.1, 0.15) is 27.8 Å². The molecule has 0 spiro atoms. The summed E-state index contributed by atoms with van der Waals surface area (Å²) in [6.45, 7) is 4.40. The van der Waals surface area contributed by atoms with Crippen molar-refractivity contribution in [3.63, 3.8) is 0 Å². The molecule has 3 aromatic rings. The second kappa shape index (κ2) is 13.0. The summed E-state index contributed by atoms with van der Waals surface area (Å²) >= 11 is 13.9. The monoisotopic (exact) mass is 528 g/mol. The molecule has 0 aromatic heterocycles. The zero-order valence-corrected chi connectivity index (χ0v) is 22.5. The Balaban J connectivity index is 1.83. The van der Waals surface area contributed by atoms with Crippen LogP contribution in [0.4, 0.5) is 0 Å². The Labute approximate surface area is 222 Å². The summed E-state index contributed by atoms with van der Waals surface area (Å²) in [5, 5.41) is 3.60. The van der Waals surface area contributed by atoms with Gasteiger partial charge in [-0.25, -0.2) is 0 Å². The lowest BCUT2D eigenvalue weighted by Gasteiger charge is -2.31. The highest BCUT2D eigenvalue weighted by molar-refractivity contribution is 7.99. The Morgan fingerprint density at radius 3 is 2.20 bits per heavy atom. The van der Waals surface area contributed by atoms with Gasteiger partial charge < -0.3 is 10.2 Å². The molecular weight excluding hydrogens is 499 g/mol. The highest BCUT2D eigenvalue weighted by Crippen LogP contribution is 2.25. The van der Waals surface area contributed by atoms with Crippen LogP contribution in [-0.2, 0) is 28.3 Å². The number of hydrogen-bond donors (Lipinski definition) is 1. The lowest BCUT2D eigenvalue weighted by molar-refractivity contribution is -0.139. The first-order valence-electron chi connectivity index (χ1n) is 11.4. The lowest BCUT2D eigenvalue weighted by atomic mass is 10.0. The number of amides is 2. The highest BCUT2D eigenvalue weighted by Gasteiger charge is 2.29. The van der Waals surface area contributed by atoms with E-state index < -0.39 is 6.04 Å². The number of thioether (sulfide) groups is 1. The largest absolute Gasteiger partial charge is 0.357 e. The summed E-state index contributed by atoms with van der Waals surface area (Å²) in [5.74, 6) is 0.672. The summed E-state index contributed by atoms with van der Waals surface area (Å²) < 4.78 is 0. The van der Waals surface area contributed by atoms with Crippen LogP contribution in [0, 0.1) is 13.8 Å². The molecule has 4 nitrogen and oxygen atoms in total. The first-order chi connectivity index (χ1) is 16.8. The first kappa shape index (κ1) is 27.1. The molecule has 0 bridgehead atoms. The van der Waals surface area contributed by atoms with Gasteiger partial charge in [0.2, 0.25) is 11.8 Å². The second-order valence-corrected chi connectivity index (χ2v) is 10.4. The van der Waals surface area contributed by atoms with Crippen molar-refractivity contribution in [3.8, 4) is 0 Å². The number of benzene rings is 3. The van der Waals surface area contributed by atoms with Gasteiger partial charge in [0.1, 0.15) is 6.04 Å². The number of carbonyl (C=O) groups is 2. The molecule has 0 heterocycles. The fraction of sp³-hybridized carbons (Fsp3) is 0.286. The standard InChI is InChI=1S/C28H30Cl2N2O2S/c1-19-11-20(2)13-23(12-19)17-35-18-27(33)32(16-22-9-10-24(29)25(30)14-22)26(28(34)31-3)15-21-7-5-4-6-8-21/h4-14,26H,15-18H2,1-3H3,(H,31,34)/t26-/m1/s1. The molecule has 0 saturated carbocycles. The Morgan fingerprint density at radius 2 is 1.57 bits per heavy atom. The Hall–Kier alpha value is -2.47. The van der Waals surface area contributed by atoms with Crippen LogP contribution >= 0.6 is 35.0 Å². The fourth-order valence-corrected chi connectivity index (χ4v) is 5.21. The van der Waals surface area contributed by atoms with E-state index in [1.807, 2.05) is 36.4 Å². The maximum atomic E-state index is 13.5. The molecule has 1 atom stereocenters. The Bertz CT molecular complexity index is 1150. The molecule has 0 aliphatic carbocycles. The van der Waals surface area contributed by atoms with Crippen molar-refractivity contribution in [2.24, 2.45) is 0 Å². The minimum absolute atomic E-state index is 0.102. The molecular formula is C28H30Cl2N2O2S. The molecule has 3 aromatic carbocycles. The number of rotatable bonds is 10.